The number of ether oxygens (including phenoxy) is 2. The van der Waals surface area contributed by atoms with Crippen molar-refractivity contribution in [2.45, 2.75) is 126 Å². The molecule has 2 aliphatic carbocycles. The minimum absolute atomic E-state index is 0.0501. The first-order chi connectivity index (χ1) is 24.1. The molecule has 0 unspecified atom stereocenters. The van der Waals surface area contributed by atoms with Crippen LogP contribution in [-0.4, -0.2) is 95.8 Å². The van der Waals surface area contributed by atoms with E-state index in [1.165, 1.54) is 4.90 Å². The molecule has 6 rings (SSSR count). The van der Waals surface area contributed by atoms with Gasteiger partial charge in [-0.25, -0.2) is 18.0 Å². The molecule has 278 valence electrons. The fourth-order valence-electron chi connectivity index (χ4n) is 7.17. The Morgan fingerprint density at radius 2 is 1.76 bits per heavy atom. The van der Waals surface area contributed by atoms with Gasteiger partial charge in [0.2, 0.25) is 21.8 Å². The summed E-state index contributed by atoms with van der Waals surface area (Å²) in [5.41, 5.74) is -0.151. The smallest absolute Gasteiger partial charge is 0.410 e. The lowest BCUT2D eigenvalue weighted by atomic mass is 10.0. The van der Waals surface area contributed by atoms with E-state index in [4.69, 9.17) is 9.47 Å². The number of hydrogen-bond acceptors (Lipinski definition) is 9. The molecule has 0 radical (unpaired) electrons. The van der Waals surface area contributed by atoms with Crippen LogP contribution < -0.4 is 15.4 Å². The van der Waals surface area contributed by atoms with E-state index in [0.717, 1.165) is 24.0 Å². The van der Waals surface area contributed by atoms with Gasteiger partial charge in [-0.05, 0) is 76.8 Å². The summed E-state index contributed by atoms with van der Waals surface area (Å²) >= 11 is 0. The molecule has 51 heavy (non-hydrogen) atoms. The number of carbonyl (C=O) groups is 5. The zero-order chi connectivity index (χ0) is 36.6. The van der Waals surface area contributed by atoms with E-state index >= 15 is 0 Å². The standard InChI is InChI=1S/C36H49N5O9S/c1-35(2,3)50-33(45)37-28-14-8-6-4-5-7-13-25-20-36(25,32(44)39-51(47,48)27-15-16-27)38-30(42)29-19-26(22-41(29)31(28)43)49-34(46)40-18-17-23-11-9-10-12-24(23)21-40/h7,9-13,25-29H,4-6,8,14-22H2,1-3H3,(H,37,45)(H,38,42)(H,39,44)/b13-7-/t25-,26-,28+,29+,36-/m1/s1. The van der Waals surface area contributed by atoms with E-state index in [1.54, 1.807) is 25.7 Å². The largest absolute Gasteiger partial charge is 0.444 e. The second-order valence-corrected chi connectivity index (χ2v) is 17.4. The van der Waals surface area contributed by atoms with Crippen LogP contribution in [-0.2, 0) is 46.8 Å². The molecule has 3 N–H and O–H groups in total. The number of rotatable bonds is 5. The second-order valence-electron chi connectivity index (χ2n) is 15.4. The highest BCUT2D eigenvalue weighted by Gasteiger charge is 2.62. The predicted molar refractivity (Wildman–Crippen MR) is 185 cm³/mol. The Bertz CT molecular complexity index is 1690. The van der Waals surface area contributed by atoms with E-state index in [2.05, 4.69) is 15.4 Å². The molecule has 3 fully saturated rings. The van der Waals surface area contributed by atoms with Gasteiger partial charge < -0.3 is 29.9 Å². The van der Waals surface area contributed by atoms with Gasteiger partial charge in [-0.2, -0.15) is 0 Å². The van der Waals surface area contributed by atoms with Gasteiger partial charge in [-0.1, -0.05) is 49.3 Å². The van der Waals surface area contributed by atoms with Crippen LogP contribution in [0.5, 0.6) is 0 Å². The molecule has 1 aromatic carbocycles. The van der Waals surface area contributed by atoms with Gasteiger partial charge in [0, 0.05) is 25.4 Å². The van der Waals surface area contributed by atoms with Crippen LogP contribution in [0.3, 0.4) is 0 Å². The van der Waals surface area contributed by atoms with Crippen LogP contribution >= 0.6 is 0 Å². The average molecular weight is 728 g/mol. The summed E-state index contributed by atoms with van der Waals surface area (Å²) in [6.07, 6.45) is 6.43. The highest BCUT2D eigenvalue weighted by Crippen LogP contribution is 2.46. The van der Waals surface area contributed by atoms with Crippen LogP contribution in [0.4, 0.5) is 9.59 Å². The molecule has 0 spiro atoms. The maximum atomic E-state index is 14.3. The molecule has 3 heterocycles. The molecule has 2 saturated carbocycles. The third-order valence-electron chi connectivity index (χ3n) is 10.2. The van der Waals surface area contributed by atoms with Crippen molar-refractivity contribution in [3.8, 4) is 0 Å². The lowest BCUT2D eigenvalue weighted by molar-refractivity contribution is -0.141. The molecular formula is C36H49N5O9S. The lowest BCUT2D eigenvalue weighted by Gasteiger charge is -2.30. The number of nitrogens with zero attached hydrogens (tertiary/aromatic N) is 2. The highest BCUT2D eigenvalue weighted by atomic mass is 32.2. The molecule has 5 amide bonds. The quantitative estimate of drug-likeness (QED) is 0.385. The fraction of sp³-hybridized carbons (Fsp3) is 0.639. The third kappa shape index (κ3) is 8.67. The van der Waals surface area contributed by atoms with Gasteiger partial charge in [0.1, 0.15) is 29.3 Å². The predicted octanol–water partition coefficient (Wildman–Crippen LogP) is 3.05. The average Bonchev–Trinajstić information content (AvgIpc) is 3.99. The number of fused-ring (bicyclic) bond motifs is 3. The van der Waals surface area contributed by atoms with Gasteiger partial charge >= 0.3 is 12.2 Å². The Hall–Kier alpha value is -4.14. The first-order valence-electron chi connectivity index (χ1n) is 18.0. The van der Waals surface area contributed by atoms with Crippen molar-refractivity contribution in [3.05, 3.63) is 47.5 Å². The van der Waals surface area contributed by atoms with Crippen LogP contribution in [0.15, 0.2) is 36.4 Å². The topological polar surface area (TPSA) is 181 Å². The number of benzene rings is 1. The molecule has 5 atom stereocenters. The van der Waals surface area contributed by atoms with Crippen molar-refractivity contribution in [3.63, 3.8) is 0 Å². The second kappa shape index (κ2) is 14.5. The Morgan fingerprint density at radius 3 is 2.49 bits per heavy atom. The van der Waals surface area contributed by atoms with Crippen molar-refractivity contribution in [1.29, 1.82) is 0 Å². The van der Waals surface area contributed by atoms with Gasteiger partial charge in [0.25, 0.3) is 5.91 Å². The van der Waals surface area contributed by atoms with E-state index in [-0.39, 0.29) is 25.8 Å². The number of amides is 5. The summed E-state index contributed by atoms with van der Waals surface area (Å²) in [5, 5.41) is 4.89. The number of nitrogens with one attached hydrogen (secondary N) is 3. The number of alkyl carbamates (subject to hydrolysis) is 1. The summed E-state index contributed by atoms with van der Waals surface area (Å²) in [5.74, 6) is -2.46. The van der Waals surface area contributed by atoms with E-state index in [1.807, 2.05) is 36.4 Å². The highest BCUT2D eigenvalue weighted by molar-refractivity contribution is 7.91. The van der Waals surface area contributed by atoms with Gasteiger partial charge in [0.15, 0.2) is 0 Å². The van der Waals surface area contributed by atoms with Crippen molar-refractivity contribution >= 4 is 39.9 Å². The monoisotopic (exact) mass is 727 g/mol. The Labute approximate surface area is 299 Å². The number of allylic oxidation sites excluding steroid dienone is 1. The number of hydrogen-bond donors (Lipinski definition) is 3. The fourth-order valence-corrected chi connectivity index (χ4v) is 8.53. The van der Waals surface area contributed by atoms with E-state index in [0.29, 0.717) is 45.2 Å². The molecule has 14 nitrogen and oxygen atoms in total. The number of carbonyl (C=O) groups excluding carboxylic acids is 5. The molecule has 15 heteroatoms. The molecule has 5 aliphatic rings. The summed E-state index contributed by atoms with van der Waals surface area (Å²) in [7, 11) is -3.89. The molecular weight excluding hydrogens is 678 g/mol. The van der Waals surface area contributed by atoms with E-state index in [9.17, 15) is 32.4 Å². The van der Waals surface area contributed by atoms with Crippen LogP contribution in [0.1, 0.15) is 89.7 Å². The van der Waals surface area contributed by atoms with Gasteiger partial charge in [0.05, 0.1) is 11.8 Å². The first kappa shape index (κ1) is 36.6. The Kier molecular flexibility index (Phi) is 10.4. The molecule has 1 saturated heterocycles. The Balaban J connectivity index is 1.25. The zero-order valence-electron chi connectivity index (χ0n) is 29.5. The van der Waals surface area contributed by atoms with Crippen LogP contribution in [0.2, 0.25) is 0 Å². The molecule has 3 aliphatic heterocycles. The zero-order valence-corrected chi connectivity index (χ0v) is 30.3. The minimum atomic E-state index is -3.89. The molecule has 0 aromatic heterocycles. The minimum Gasteiger partial charge on any atom is -0.444 e. The summed E-state index contributed by atoms with van der Waals surface area (Å²) < 4.78 is 39.1. The maximum Gasteiger partial charge on any atom is 0.410 e. The van der Waals surface area contributed by atoms with Crippen molar-refractivity contribution in [2.75, 3.05) is 13.1 Å². The van der Waals surface area contributed by atoms with Gasteiger partial charge in [-0.3, -0.25) is 19.1 Å². The maximum absolute atomic E-state index is 14.3. The number of sulfonamides is 1. The summed E-state index contributed by atoms with van der Waals surface area (Å²) in [6, 6.07) is 5.67. The first-order valence-corrected chi connectivity index (χ1v) is 19.6. The molecule has 1 aromatic rings. The Morgan fingerprint density at radius 1 is 1.02 bits per heavy atom. The van der Waals surface area contributed by atoms with Gasteiger partial charge in [-0.15, -0.1) is 0 Å². The van der Waals surface area contributed by atoms with Crippen molar-refractivity contribution in [1.82, 2.24) is 25.2 Å². The normalized spacial score (nSPS) is 29.2. The van der Waals surface area contributed by atoms with Crippen LogP contribution in [0.25, 0.3) is 0 Å². The molecule has 0 bridgehead atoms. The van der Waals surface area contributed by atoms with Crippen LogP contribution in [0, 0.1) is 5.92 Å². The van der Waals surface area contributed by atoms with E-state index < -0.39 is 80.4 Å². The summed E-state index contributed by atoms with van der Waals surface area (Å²) in [4.78, 5) is 71.3. The van der Waals surface area contributed by atoms with Crippen molar-refractivity contribution in [2.24, 2.45) is 5.92 Å². The third-order valence-corrected chi connectivity index (χ3v) is 12.0. The van der Waals surface area contributed by atoms with Crippen molar-refractivity contribution < 1.29 is 41.9 Å². The SMILES string of the molecule is CC(C)(C)OC(=O)N[C@H]1CCCCC/C=C\[C@@H]2C[C@@]2(C(=O)NS(=O)(=O)C2CC2)NC(=O)[C@@H]2C[C@@H](OC(=O)N3CCc4ccccc4C3)CN2C1=O. The lowest BCUT2D eigenvalue weighted by Crippen LogP contribution is -2.58. The summed E-state index contributed by atoms with van der Waals surface area (Å²) in [6.45, 7) is 5.85.